The first-order valence-electron chi connectivity index (χ1n) is 7.92. The molecular formula is C16H33N. The molecule has 1 heteroatoms. The fourth-order valence-corrected chi connectivity index (χ4v) is 2.86. The SMILES string of the molecule is CC(C)CCCC(C)CCNC1CCCCC1. The third-order valence-corrected chi connectivity index (χ3v) is 4.15. The number of nitrogens with one attached hydrogen (secondary N) is 1. The molecule has 1 aliphatic carbocycles. The topological polar surface area (TPSA) is 12.0 Å². The smallest absolute Gasteiger partial charge is 0.00670 e. The number of rotatable bonds is 8. The van der Waals surface area contributed by atoms with E-state index in [1.54, 1.807) is 0 Å². The molecule has 0 heterocycles. The van der Waals surface area contributed by atoms with Crippen LogP contribution in [0.25, 0.3) is 0 Å². The molecule has 17 heavy (non-hydrogen) atoms. The van der Waals surface area contributed by atoms with Gasteiger partial charge in [-0.15, -0.1) is 0 Å². The average molecular weight is 239 g/mol. The van der Waals surface area contributed by atoms with Crippen LogP contribution in [0.1, 0.15) is 78.6 Å². The van der Waals surface area contributed by atoms with Crippen LogP contribution in [-0.4, -0.2) is 12.6 Å². The Morgan fingerprint density at radius 2 is 1.65 bits per heavy atom. The standard InChI is InChI=1S/C16H33N/c1-14(2)8-7-9-15(3)12-13-17-16-10-5-4-6-11-16/h14-17H,4-13H2,1-3H3. The average Bonchev–Trinajstić information content (AvgIpc) is 2.30. The Bertz CT molecular complexity index is 170. The Balaban J connectivity index is 1.93. The lowest BCUT2D eigenvalue weighted by Gasteiger charge is -2.23. The van der Waals surface area contributed by atoms with Gasteiger partial charge in [-0.05, 0) is 37.6 Å². The van der Waals surface area contributed by atoms with Crippen molar-refractivity contribution in [1.82, 2.24) is 5.32 Å². The molecule has 0 bridgehead atoms. The molecule has 0 aromatic heterocycles. The van der Waals surface area contributed by atoms with Crippen LogP contribution in [-0.2, 0) is 0 Å². The molecule has 0 aliphatic heterocycles. The van der Waals surface area contributed by atoms with Crippen molar-refractivity contribution in [3.63, 3.8) is 0 Å². The van der Waals surface area contributed by atoms with Gasteiger partial charge in [0.1, 0.15) is 0 Å². The molecule has 1 N–H and O–H groups in total. The Morgan fingerprint density at radius 3 is 2.29 bits per heavy atom. The second-order valence-electron chi connectivity index (χ2n) is 6.51. The van der Waals surface area contributed by atoms with Gasteiger partial charge in [-0.1, -0.05) is 59.3 Å². The van der Waals surface area contributed by atoms with Gasteiger partial charge in [0.25, 0.3) is 0 Å². The minimum Gasteiger partial charge on any atom is -0.314 e. The highest BCUT2D eigenvalue weighted by atomic mass is 14.9. The summed E-state index contributed by atoms with van der Waals surface area (Å²) in [5, 5.41) is 3.75. The minimum absolute atomic E-state index is 0.839. The minimum atomic E-state index is 0.839. The molecule has 1 aliphatic rings. The summed E-state index contributed by atoms with van der Waals surface area (Å²) < 4.78 is 0. The van der Waals surface area contributed by atoms with E-state index >= 15 is 0 Å². The van der Waals surface area contributed by atoms with E-state index in [9.17, 15) is 0 Å². The second kappa shape index (κ2) is 8.97. The van der Waals surface area contributed by atoms with Gasteiger partial charge in [-0.2, -0.15) is 0 Å². The van der Waals surface area contributed by atoms with Crippen LogP contribution in [0.3, 0.4) is 0 Å². The van der Waals surface area contributed by atoms with Crippen molar-refractivity contribution in [2.24, 2.45) is 11.8 Å². The van der Waals surface area contributed by atoms with E-state index in [1.165, 1.54) is 64.3 Å². The zero-order valence-electron chi connectivity index (χ0n) is 12.3. The van der Waals surface area contributed by atoms with E-state index in [4.69, 9.17) is 0 Å². The molecule has 0 spiro atoms. The summed E-state index contributed by atoms with van der Waals surface area (Å²) in [5.74, 6) is 1.78. The van der Waals surface area contributed by atoms with E-state index in [0.29, 0.717) is 0 Å². The monoisotopic (exact) mass is 239 g/mol. The first-order valence-corrected chi connectivity index (χ1v) is 7.92. The first kappa shape index (κ1) is 15.0. The molecular weight excluding hydrogens is 206 g/mol. The third-order valence-electron chi connectivity index (χ3n) is 4.15. The third kappa shape index (κ3) is 7.81. The van der Waals surface area contributed by atoms with Crippen molar-refractivity contribution in [2.75, 3.05) is 6.54 Å². The van der Waals surface area contributed by atoms with Gasteiger partial charge in [-0.25, -0.2) is 0 Å². The zero-order valence-corrected chi connectivity index (χ0v) is 12.3. The Hall–Kier alpha value is -0.0400. The van der Waals surface area contributed by atoms with Crippen LogP contribution < -0.4 is 5.32 Å². The van der Waals surface area contributed by atoms with Gasteiger partial charge in [0.2, 0.25) is 0 Å². The lowest BCUT2D eigenvalue weighted by Crippen LogP contribution is -2.32. The van der Waals surface area contributed by atoms with Crippen LogP contribution in [0, 0.1) is 11.8 Å². The van der Waals surface area contributed by atoms with Crippen molar-refractivity contribution in [1.29, 1.82) is 0 Å². The van der Waals surface area contributed by atoms with Gasteiger partial charge < -0.3 is 5.32 Å². The summed E-state index contributed by atoms with van der Waals surface area (Å²) in [6.45, 7) is 8.32. The summed E-state index contributed by atoms with van der Waals surface area (Å²) in [6.07, 6.45) is 12.8. The normalized spacial score (nSPS) is 19.8. The first-order chi connectivity index (χ1) is 8.18. The van der Waals surface area contributed by atoms with E-state index in [1.807, 2.05) is 0 Å². The molecule has 0 saturated heterocycles. The van der Waals surface area contributed by atoms with Crippen molar-refractivity contribution < 1.29 is 0 Å². The van der Waals surface area contributed by atoms with Crippen LogP contribution in [0.2, 0.25) is 0 Å². The molecule has 1 rings (SSSR count). The van der Waals surface area contributed by atoms with Crippen LogP contribution in [0.5, 0.6) is 0 Å². The summed E-state index contributed by atoms with van der Waals surface area (Å²) in [6, 6.07) is 0.839. The summed E-state index contributed by atoms with van der Waals surface area (Å²) in [7, 11) is 0. The van der Waals surface area contributed by atoms with E-state index in [-0.39, 0.29) is 0 Å². The van der Waals surface area contributed by atoms with Crippen LogP contribution in [0.15, 0.2) is 0 Å². The molecule has 1 saturated carbocycles. The quantitative estimate of drug-likeness (QED) is 0.644. The molecule has 1 unspecified atom stereocenters. The largest absolute Gasteiger partial charge is 0.314 e. The van der Waals surface area contributed by atoms with Crippen molar-refractivity contribution in [3.05, 3.63) is 0 Å². The Kier molecular flexibility index (Phi) is 7.92. The van der Waals surface area contributed by atoms with Crippen LogP contribution >= 0.6 is 0 Å². The molecule has 1 nitrogen and oxygen atoms in total. The number of hydrogen-bond donors (Lipinski definition) is 1. The van der Waals surface area contributed by atoms with Crippen molar-refractivity contribution in [3.8, 4) is 0 Å². The summed E-state index contributed by atoms with van der Waals surface area (Å²) in [4.78, 5) is 0. The highest BCUT2D eigenvalue weighted by Gasteiger charge is 2.12. The molecule has 1 fully saturated rings. The van der Waals surface area contributed by atoms with Crippen molar-refractivity contribution >= 4 is 0 Å². The summed E-state index contributed by atoms with van der Waals surface area (Å²) >= 11 is 0. The maximum atomic E-state index is 3.75. The molecule has 0 amide bonds. The molecule has 102 valence electrons. The summed E-state index contributed by atoms with van der Waals surface area (Å²) in [5.41, 5.74) is 0. The van der Waals surface area contributed by atoms with Gasteiger partial charge in [0.05, 0.1) is 0 Å². The maximum Gasteiger partial charge on any atom is 0.00670 e. The predicted octanol–water partition coefficient (Wildman–Crippen LogP) is 4.76. The highest BCUT2D eigenvalue weighted by molar-refractivity contribution is 4.72. The lowest BCUT2D eigenvalue weighted by atomic mass is 9.94. The fraction of sp³-hybridized carbons (Fsp3) is 1.00. The van der Waals surface area contributed by atoms with Gasteiger partial charge in [0.15, 0.2) is 0 Å². The van der Waals surface area contributed by atoms with E-state index < -0.39 is 0 Å². The van der Waals surface area contributed by atoms with Gasteiger partial charge in [0, 0.05) is 6.04 Å². The molecule has 0 aromatic carbocycles. The second-order valence-corrected chi connectivity index (χ2v) is 6.51. The predicted molar refractivity (Wildman–Crippen MR) is 77.3 cm³/mol. The highest BCUT2D eigenvalue weighted by Crippen LogP contribution is 2.18. The van der Waals surface area contributed by atoms with Crippen LogP contribution in [0.4, 0.5) is 0 Å². The lowest BCUT2D eigenvalue weighted by molar-refractivity contribution is 0.352. The Labute approximate surface area is 109 Å². The molecule has 1 atom stereocenters. The van der Waals surface area contributed by atoms with E-state index in [2.05, 4.69) is 26.1 Å². The van der Waals surface area contributed by atoms with Crippen molar-refractivity contribution in [2.45, 2.75) is 84.6 Å². The zero-order chi connectivity index (χ0) is 12.5. The van der Waals surface area contributed by atoms with E-state index in [0.717, 1.165) is 17.9 Å². The number of hydrogen-bond acceptors (Lipinski definition) is 1. The fourth-order valence-electron chi connectivity index (χ4n) is 2.86. The Morgan fingerprint density at radius 1 is 0.941 bits per heavy atom. The maximum absolute atomic E-state index is 3.75. The van der Waals surface area contributed by atoms with Gasteiger partial charge >= 0.3 is 0 Å². The molecule has 0 aromatic rings. The molecule has 0 radical (unpaired) electrons. The van der Waals surface area contributed by atoms with Gasteiger partial charge in [-0.3, -0.25) is 0 Å².